The second-order valence-electron chi connectivity index (χ2n) is 22.0. The lowest BCUT2D eigenvalue weighted by atomic mass is 10.0. The van der Waals surface area contributed by atoms with Crippen LogP contribution in [0.25, 0.3) is 0 Å². The van der Waals surface area contributed by atoms with E-state index in [2.05, 4.69) is 57.2 Å². The number of allylic oxidation sites excluding steroid dienone is 6. The molecule has 0 amide bonds. The second-order valence-corrected chi connectivity index (χ2v) is 22.0. The monoisotopic (exact) mass is 1020 g/mol. The topological polar surface area (TPSA) is 78.9 Å². The minimum absolute atomic E-state index is 0.0740. The van der Waals surface area contributed by atoms with Crippen LogP contribution in [0.4, 0.5) is 0 Å². The van der Waals surface area contributed by atoms with Crippen LogP contribution in [0.2, 0.25) is 0 Å². The lowest BCUT2D eigenvalue weighted by molar-refractivity contribution is -0.167. The van der Waals surface area contributed by atoms with Crippen molar-refractivity contribution in [3.8, 4) is 0 Å². The molecule has 6 heteroatoms. The van der Waals surface area contributed by atoms with Crippen LogP contribution in [0, 0.1) is 0 Å². The molecule has 1 atom stereocenters. The predicted molar refractivity (Wildman–Crippen MR) is 316 cm³/mol. The van der Waals surface area contributed by atoms with Gasteiger partial charge in [-0.15, -0.1) is 0 Å². The van der Waals surface area contributed by atoms with E-state index in [-0.39, 0.29) is 31.1 Å². The first-order valence-electron chi connectivity index (χ1n) is 32.5. The summed E-state index contributed by atoms with van der Waals surface area (Å²) in [5.41, 5.74) is 0. The second kappa shape index (κ2) is 62.2. The normalized spacial score (nSPS) is 12.2. The number of hydrogen-bond donors (Lipinski definition) is 0. The summed E-state index contributed by atoms with van der Waals surface area (Å²) in [5.74, 6) is -0.868. The Morgan fingerprint density at radius 1 is 0.274 bits per heavy atom. The summed E-state index contributed by atoms with van der Waals surface area (Å²) in [6.45, 7) is 6.65. The SMILES string of the molecule is CCCCCC/C=C\C/C=C\CCCCCCCCCC(=O)OC(COC(=O)CCCCCCC/C=C\CCCCCC)COC(=O)CCCCCCCCCCCCCCCCCCCCCCCCCC. The highest BCUT2D eigenvalue weighted by molar-refractivity contribution is 5.71. The first kappa shape index (κ1) is 70.6. The molecule has 73 heavy (non-hydrogen) atoms. The van der Waals surface area contributed by atoms with E-state index in [0.717, 1.165) is 77.0 Å². The third-order valence-corrected chi connectivity index (χ3v) is 14.6. The van der Waals surface area contributed by atoms with Crippen LogP contribution in [0.1, 0.15) is 355 Å². The van der Waals surface area contributed by atoms with E-state index in [1.54, 1.807) is 0 Å². The Bertz CT molecular complexity index is 1220. The molecule has 0 N–H and O–H groups in total. The minimum atomic E-state index is -0.778. The van der Waals surface area contributed by atoms with Crippen LogP contribution in [-0.2, 0) is 28.6 Å². The van der Waals surface area contributed by atoms with Crippen LogP contribution in [0.5, 0.6) is 0 Å². The molecule has 0 aliphatic rings. The standard InChI is InChI=1S/C67H124O6/c1-4-7-10-13-16-19-22-25-27-29-31-32-33-34-35-36-38-39-42-45-48-51-54-57-60-66(69)72-63-64(62-71-65(68)59-56-53-50-47-44-41-24-21-18-15-12-9-6-3)73-67(70)61-58-55-52-49-46-43-40-37-30-28-26-23-20-17-14-11-8-5-2/h20-21,23-24,28,30,64H,4-19,22,25-27,29,31-63H2,1-3H3/b23-20-,24-21-,30-28-. The number of carbonyl (C=O) groups excluding carboxylic acids is 3. The van der Waals surface area contributed by atoms with Crippen molar-refractivity contribution < 1.29 is 28.6 Å². The molecule has 0 aliphatic heterocycles. The number of esters is 3. The highest BCUT2D eigenvalue weighted by Crippen LogP contribution is 2.18. The number of carbonyl (C=O) groups is 3. The Kier molecular flexibility index (Phi) is 60.2. The maximum absolute atomic E-state index is 12.9. The molecular formula is C67H124O6. The zero-order valence-electron chi connectivity index (χ0n) is 49.2. The summed E-state index contributed by atoms with van der Waals surface area (Å²) < 4.78 is 16.9. The number of hydrogen-bond acceptors (Lipinski definition) is 6. The van der Waals surface area contributed by atoms with Crippen molar-refractivity contribution >= 4 is 17.9 Å². The van der Waals surface area contributed by atoms with Gasteiger partial charge in [0.25, 0.3) is 0 Å². The Balaban J connectivity index is 4.26. The maximum Gasteiger partial charge on any atom is 0.306 e. The number of ether oxygens (including phenoxy) is 3. The fourth-order valence-electron chi connectivity index (χ4n) is 9.71. The van der Waals surface area contributed by atoms with Gasteiger partial charge in [0.2, 0.25) is 0 Å². The predicted octanol–water partition coefficient (Wildman–Crippen LogP) is 22.0. The summed E-state index contributed by atoms with van der Waals surface area (Å²) >= 11 is 0. The molecule has 0 aromatic heterocycles. The van der Waals surface area contributed by atoms with E-state index in [0.29, 0.717) is 19.3 Å². The van der Waals surface area contributed by atoms with Crippen molar-refractivity contribution in [2.45, 2.75) is 361 Å². The highest BCUT2D eigenvalue weighted by atomic mass is 16.6. The largest absolute Gasteiger partial charge is 0.462 e. The van der Waals surface area contributed by atoms with Gasteiger partial charge in [-0.3, -0.25) is 14.4 Å². The van der Waals surface area contributed by atoms with Crippen molar-refractivity contribution in [1.82, 2.24) is 0 Å². The zero-order valence-corrected chi connectivity index (χ0v) is 49.2. The van der Waals surface area contributed by atoms with Gasteiger partial charge in [0.15, 0.2) is 6.10 Å². The molecule has 6 nitrogen and oxygen atoms in total. The molecule has 1 unspecified atom stereocenters. The maximum atomic E-state index is 12.9. The van der Waals surface area contributed by atoms with E-state index in [1.807, 2.05) is 0 Å². The van der Waals surface area contributed by atoms with Crippen molar-refractivity contribution in [2.75, 3.05) is 13.2 Å². The molecule has 0 rings (SSSR count). The highest BCUT2D eigenvalue weighted by Gasteiger charge is 2.19. The van der Waals surface area contributed by atoms with Gasteiger partial charge in [0.1, 0.15) is 13.2 Å². The van der Waals surface area contributed by atoms with Gasteiger partial charge >= 0.3 is 17.9 Å². The van der Waals surface area contributed by atoms with E-state index in [4.69, 9.17) is 14.2 Å². The van der Waals surface area contributed by atoms with E-state index >= 15 is 0 Å². The molecule has 0 saturated heterocycles. The van der Waals surface area contributed by atoms with E-state index < -0.39 is 6.10 Å². The molecule has 428 valence electrons. The van der Waals surface area contributed by atoms with Gasteiger partial charge in [-0.25, -0.2) is 0 Å². The summed E-state index contributed by atoms with van der Waals surface area (Å²) in [6.07, 6.45) is 75.8. The number of unbranched alkanes of at least 4 members (excludes halogenated alkanes) is 43. The quantitative estimate of drug-likeness (QED) is 0.0261. The van der Waals surface area contributed by atoms with Crippen molar-refractivity contribution in [2.24, 2.45) is 0 Å². The molecule has 0 fully saturated rings. The first-order valence-corrected chi connectivity index (χ1v) is 32.5. The third kappa shape index (κ3) is 60.4. The summed E-state index contributed by atoms with van der Waals surface area (Å²) in [5, 5.41) is 0. The molecule has 0 aromatic carbocycles. The fourth-order valence-corrected chi connectivity index (χ4v) is 9.71. The van der Waals surface area contributed by atoms with Gasteiger partial charge < -0.3 is 14.2 Å². The van der Waals surface area contributed by atoms with Crippen LogP contribution in [-0.4, -0.2) is 37.2 Å². The smallest absolute Gasteiger partial charge is 0.306 e. The third-order valence-electron chi connectivity index (χ3n) is 14.6. The average Bonchev–Trinajstić information content (AvgIpc) is 3.39. The molecule has 0 radical (unpaired) electrons. The lowest BCUT2D eigenvalue weighted by Crippen LogP contribution is -2.30. The van der Waals surface area contributed by atoms with Gasteiger partial charge in [-0.1, -0.05) is 295 Å². The molecule has 0 aliphatic carbocycles. The fraction of sp³-hybridized carbons (Fsp3) is 0.866. The Morgan fingerprint density at radius 3 is 0.781 bits per heavy atom. The first-order chi connectivity index (χ1) is 36.0. The Hall–Kier alpha value is -2.37. The average molecular weight is 1030 g/mol. The van der Waals surface area contributed by atoms with Crippen LogP contribution < -0.4 is 0 Å². The van der Waals surface area contributed by atoms with Crippen molar-refractivity contribution in [3.05, 3.63) is 36.5 Å². The van der Waals surface area contributed by atoms with E-state index in [1.165, 1.54) is 238 Å². The number of rotatable bonds is 60. The van der Waals surface area contributed by atoms with Gasteiger partial charge in [-0.05, 0) is 77.0 Å². The molecule has 0 spiro atoms. The molecule has 0 saturated carbocycles. The van der Waals surface area contributed by atoms with Crippen molar-refractivity contribution in [3.63, 3.8) is 0 Å². The van der Waals surface area contributed by atoms with Crippen LogP contribution in [0.15, 0.2) is 36.5 Å². The van der Waals surface area contributed by atoms with E-state index in [9.17, 15) is 14.4 Å². The Morgan fingerprint density at radius 2 is 0.493 bits per heavy atom. The zero-order chi connectivity index (χ0) is 52.9. The molecule has 0 heterocycles. The van der Waals surface area contributed by atoms with Gasteiger partial charge in [-0.2, -0.15) is 0 Å². The summed E-state index contributed by atoms with van der Waals surface area (Å²) in [7, 11) is 0. The van der Waals surface area contributed by atoms with Crippen LogP contribution in [0.3, 0.4) is 0 Å². The van der Waals surface area contributed by atoms with Crippen LogP contribution >= 0.6 is 0 Å². The molecular weight excluding hydrogens is 901 g/mol. The van der Waals surface area contributed by atoms with Gasteiger partial charge in [0.05, 0.1) is 0 Å². The lowest BCUT2D eigenvalue weighted by Gasteiger charge is -2.18. The summed E-state index contributed by atoms with van der Waals surface area (Å²) in [6, 6.07) is 0. The molecule has 0 aromatic rings. The van der Waals surface area contributed by atoms with Gasteiger partial charge in [0, 0.05) is 19.3 Å². The molecule has 0 bridgehead atoms. The minimum Gasteiger partial charge on any atom is -0.462 e. The summed E-state index contributed by atoms with van der Waals surface area (Å²) in [4.78, 5) is 38.3. The Labute approximate surface area is 455 Å². The van der Waals surface area contributed by atoms with Crippen molar-refractivity contribution in [1.29, 1.82) is 0 Å².